The molecule has 4 rings (SSSR count). The summed E-state index contributed by atoms with van der Waals surface area (Å²) in [5.41, 5.74) is 3.55. The maximum Gasteiger partial charge on any atom is 0.223 e. The molecule has 1 aromatic heterocycles. The zero-order chi connectivity index (χ0) is 20.1. The average molecular weight is 392 g/mol. The highest BCUT2D eigenvalue weighted by Crippen LogP contribution is 2.25. The highest BCUT2D eigenvalue weighted by molar-refractivity contribution is 5.85. The number of aryl methyl sites for hydroxylation is 1. The van der Waals surface area contributed by atoms with Crippen molar-refractivity contribution in [2.75, 3.05) is 33.4 Å². The van der Waals surface area contributed by atoms with Crippen LogP contribution in [0, 0.1) is 0 Å². The van der Waals surface area contributed by atoms with Crippen molar-refractivity contribution >= 4 is 16.8 Å². The minimum Gasteiger partial charge on any atom is -0.383 e. The molecule has 0 aliphatic carbocycles. The number of rotatable bonds is 7. The van der Waals surface area contributed by atoms with Gasteiger partial charge in [0.25, 0.3) is 0 Å². The molecule has 29 heavy (non-hydrogen) atoms. The van der Waals surface area contributed by atoms with Crippen molar-refractivity contribution in [1.29, 1.82) is 0 Å². The summed E-state index contributed by atoms with van der Waals surface area (Å²) in [7, 11) is 1.72. The number of para-hydroxylation sites is 1. The van der Waals surface area contributed by atoms with Gasteiger partial charge >= 0.3 is 0 Å². The van der Waals surface area contributed by atoms with Gasteiger partial charge in [0.05, 0.1) is 19.8 Å². The maximum absolute atomic E-state index is 12.9. The van der Waals surface area contributed by atoms with Crippen molar-refractivity contribution < 1.29 is 14.3 Å². The van der Waals surface area contributed by atoms with Crippen LogP contribution in [0.15, 0.2) is 60.8 Å². The Kier molecular flexibility index (Phi) is 6.27. The molecule has 0 bridgehead atoms. The zero-order valence-electron chi connectivity index (χ0n) is 16.9. The average Bonchev–Trinajstić information content (AvgIpc) is 3.14. The van der Waals surface area contributed by atoms with Crippen LogP contribution in [-0.4, -0.2) is 48.8 Å². The molecule has 1 aliphatic rings. The van der Waals surface area contributed by atoms with Gasteiger partial charge in [-0.25, -0.2) is 0 Å². The number of morpholine rings is 1. The predicted octanol–water partition coefficient (Wildman–Crippen LogP) is 3.82. The summed E-state index contributed by atoms with van der Waals surface area (Å²) in [4.78, 5) is 14.9. The Labute approximate surface area is 171 Å². The summed E-state index contributed by atoms with van der Waals surface area (Å²) in [6, 6.07) is 18.5. The largest absolute Gasteiger partial charge is 0.383 e. The number of hydrogen-bond acceptors (Lipinski definition) is 3. The van der Waals surface area contributed by atoms with Crippen LogP contribution in [0.25, 0.3) is 10.9 Å². The molecule has 0 spiro atoms. The van der Waals surface area contributed by atoms with Gasteiger partial charge in [0.15, 0.2) is 0 Å². The van der Waals surface area contributed by atoms with Gasteiger partial charge in [-0.05, 0) is 23.6 Å². The highest BCUT2D eigenvalue weighted by atomic mass is 16.5. The van der Waals surface area contributed by atoms with Crippen LogP contribution >= 0.6 is 0 Å². The fourth-order valence-corrected chi connectivity index (χ4v) is 4.04. The van der Waals surface area contributed by atoms with Gasteiger partial charge in [-0.2, -0.15) is 0 Å². The number of carbonyl (C=O) groups excluding carboxylic acids is 1. The van der Waals surface area contributed by atoms with Gasteiger partial charge in [0.1, 0.15) is 6.10 Å². The molecule has 1 fully saturated rings. The molecular weight excluding hydrogens is 364 g/mol. The quantitative estimate of drug-likeness (QED) is 0.614. The Morgan fingerprint density at radius 1 is 1.14 bits per heavy atom. The summed E-state index contributed by atoms with van der Waals surface area (Å²) in [5, 5.41) is 1.22. The van der Waals surface area contributed by atoms with Crippen LogP contribution in [0.5, 0.6) is 0 Å². The van der Waals surface area contributed by atoms with E-state index < -0.39 is 0 Å². The molecule has 0 N–H and O–H groups in total. The fraction of sp³-hybridized carbons (Fsp3) is 0.375. The summed E-state index contributed by atoms with van der Waals surface area (Å²) in [6.07, 6.45) is 3.39. The van der Waals surface area contributed by atoms with Gasteiger partial charge in [-0.1, -0.05) is 48.5 Å². The molecular formula is C24H28N2O3. The molecule has 5 nitrogen and oxygen atoms in total. The number of nitrogens with zero attached hydrogens (tertiary/aromatic N) is 2. The Morgan fingerprint density at radius 3 is 2.76 bits per heavy atom. The number of hydrogen-bond donors (Lipinski definition) is 0. The molecule has 2 heterocycles. The van der Waals surface area contributed by atoms with E-state index in [2.05, 4.69) is 47.2 Å². The first-order chi connectivity index (χ1) is 14.3. The lowest BCUT2D eigenvalue weighted by atomic mass is 10.1. The van der Waals surface area contributed by atoms with Gasteiger partial charge in [0.2, 0.25) is 5.91 Å². The Balaban J connectivity index is 1.42. The summed E-state index contributed by atoms with van der Waals surface area (Å²) >= 11 is 0. The first kappa shape index (κ1) is 19.7. The zero-order valence-corrected chi connectivity index (χ0v) is 16.9. The van der Waals surface area contributed by atoms with Gasteiger partial charge in [-0.15, -0.1) is 0 Å². The van der Waals surface area contributed by atoms with Crippen molar-refractivity contribution in [3.05, 3.63) is 71.9 Å². The lowest BCUT2D eigenvalue weighted by Gasteiger charge is -2.33. The van der Waals surface area contributed by atoms with Crippen LogP contribution < -0.4 is 0 Å². The Morgan fingerprint density at radius 2 is 1.93 bits per heavy atom. The summed E-state index contributed by atoms with van der Waals surface area (Å²) in [6.45, 7) is 3.36. The topological polar surface area (TPSA) is 43.7 Å². The van der Waals surface area contributed by atoms with Gasteiger partial charge in [0, 0.05) is 43.7 Å². The van der Waals surface area contributed by atoms with E-state index in [0.29, 0.717) is 32.7 Å². The van der Waals surface area contributed by atoms with E-state index in [1.54, 1.807) is 7.11 Å². The number of ether oxygens (including phenoxy) is 2. The molecule has 2 aromatic carbocycles. The van der Waals surface area contributed by atoms with Crippen molar-refractivity contribution in [3.63, 3.8) is 0 Å². The van der Waals surface area contributed by atoms with Crippen LogP contribution in [0.1, 0.15) is 23.7 Å². The number of methoxy groups -OCH3 is 1. The molecule has 1 aliphatic heterocycles. The third-order valence-corrected chi connectivity index (χ3v) is 5.61. The van der Waals surface area contributed by atoms with E-state index in [1.165, 1.54) is 16.5 Å². The predicted molar refractivity (Wildman–Crippen MR) is 114 cm³/mol. The van der Waals surface area contributed by atoms with E-state index in [-0.39, 0.29) is 12.0 Å². The molecule has 0 unspecified atom stereocenters. The number of benzene rings is 2. The lowest BCUT2D eigenvalue weighted by molar-refractivity contribution is -0.139. The van der Waals surface area contributed by atoms with E-state index in [0.717, 1.165) is 18.5 Å². The highest BCUT2D eigenvalue weighted by Gasteiger charge is 2.25. The standard InChI is InChI=1S/C24H28N2O3/c1-28-15-13-25-17-20(21-9-5-6-10-22(21)25)11-12-24(27)26-14-16-29-23(18-26)19-7-3-2-4-8-19/h2-10,17,23H,11-16,18H2,1H3/t23-/m1/s1. The van der Waals surface area contributed by atoms with Crippen molar-refractivity contribution in [2.45, 2.75) is 25.5 Å². The molecule has 1 saturated heterocycles. The molecule has 152 valence electrons. The van der Waals surface area contributed by atoms with Gasteiger partial charge < -0.3 is 18.9 Å². The van der Waals surface area contributed by atoms with Crippen molar-refractivity contribution in [1.82, 2.24) is 9.47 Å². The first-order valence-electron chi connectivity index (χ1n) is 10.3. The Bertz CT molecular complexity index is 951. The number of aromatic nitrogens is 1. The number of amides is 1. The number of carbonyl (C=O) groups is 1. The molecule has 3 aromatic rings. The van der Waals surface area contributed by atoms with Crippen LogP contribution in [0.4, 0.5) is 0 Å². The third-order valence-electron chi connectivity index (χ3n) is 5.61. The fourth-order valence-electron chi connectivity index (χ4n) is 4.04. The SMILES string of the molecule is COCCn1cc(CCC(=O)N2CCO[C@@H](c3ccccc3)C2)c2ccccc21. The first-order valence-corrected chi connectivity index (χ1v) is 10.3. The second-order valence-electron chi connectivity index (χ2n) is 7.47. The maximum atomic E-state index is 12.9. The van der Waals surface area contributed by atoms with Crippen LogP contribution in [0.2, 0.25) is 0 Å². The third kappa shape index (κ3) is 4.52. The smallest absolute Gasteiger partial charge is 0.223 e. The summed E-state index contributed by atoms with van der Waals surface area (Å²) in [5.74, 6) is 0.197. The minimum atomic E-state index is -0.0372. The normalized spacial score (nSPS) is 17.0. The van der Waals surface area contributed by atoms with Gasteiger partial charge in [-0.3, -0.25) is 4.79 Å². The minimum absolute atomic E-state index is 0.0372. The monoisotopic (exact) mass is 392 g/mol. The molecule has 5 heteroatoms. The molecule has 1 amide bonds. The van der Waals surface area contributed by atoms with Crippen LogP contribution in [-0.2, 0) is 27.2 Å². The lowest BCUT2D eigenvalue weighted by Crippen LogP contribution is -2.42. The molecule has 0 radical (unpaired) electrons. The number of fused-ring (bicyclic) bond motifs is 1. The Hall–Kier alpha value is -2.63. The second-order valence-corrected chi connectivity index (χ2v) is 7.47. The van der Waals surface area contributed by atoms with Crippen molar-refractivity contribution in [2.24, 2.45) is 0 Å². The summed E-state index contributed by atoms with van der Waals surface area (Å²) < 4.78 is 13.4. The van der Waals surface area contributed by atoms with E-state index in [4.69, 9.17) is 9.47 Å². The second kappa shape index (κ2) is 9.25. The van der Waals surface area contributed by atoms with E-state index in [9.17, 15) is 4.79 Å². The van der Waals surface area contributed by atoms with Crippen molar-refractivity contribution in [3.8, 4) is 0 Å². The van der Waals surface area contributed by atoms with E-state index >= 15 is 0 Å². The molecule has 1 atom stereocenters. The van der Waals surface area contributed by atoms with Crippen LogP contribution in [0.3, 0.4) is 0 Å². The van der Waals surface area contributed by atoms with E-state index in [1.807, 2.05) is 23.1 Å². The molecule has 0 saturated carbocycles.